The molecule has 0 aliphatic rings. The number of hydrogen-bond donors (Lipinski definition) is 1. The van der Waals surface area contributed by atoms with E-state index in [-0.39, 0.29) is 6.04 Å². The average Bonchev–Trinajstić information content (AvgIpc) is 2.94. The third kappa shape index (κ3) is 4.06. The lowest BCUT2D eigenvalue weighted by Crippen LogP contribution is -2.40. The molecule has 0 saturated carbocycles. The van der Waals surface area contributed by atoms with E-state index in [2.05, 4.69) is 18.7 Å². The van der Waals surface area contributed by atoms with Crippen molar-refractivity contribution in [3.63, 3.8) is 0 Å². The minimum atomic E-state index is -0.122. The molecule has 2 aromatic rings. The van der Waals surface area contributed by atoms with Gasteiger partial charge in [0.25, 0.3) is 0 Å². The summed E-state index contributed by atoms with van der Waals surface area (Å²) >= 11 is 0. The van der Waals surface area contributed by atoms with Gasteiger partial charge in [-0.2, -0.15) is 0 Å². The summed E-state index contributed by atoms with van der Waals surface area (Å²) in [5, 5.41) is 1.11. The zero-order chi connectivity index (χ0) is 15.2. The van der Waals surface area contributed by atoms with E-state index < -0.39 is 0 Å². The second-order valence-electron chi connectivity index (χ2n) is 5.54. The minimum Gasteiger partial charge on any atom is -0.459 e. The van der Waals surface area contributed by atoms with Crippen molar-refractivity contribution >= 4 is 11.0 Å². The predicted molar refractivity (Wildman–Crippen MR) is 86.3 cm³/mol. The van der Waals surface area contributed by atoms with E-state index in [1.54, 1.807) is 7.11 Å². The third-order valence-corrected chi connectivity index (χ3v) is 4.04. The normalized spacial score (nSPS) is 14.7. The predicted octanol–water partition coefficient (Wildman–Crippen LogP) is 3.18. The van der Waals surface area contributed by atoms with Crippen LogP contribution in [-0.4, -0.2) is 37.7 Å². The Hall–Kier alpha value is -1.36. The maximum absolute atomic E-state index is 6.35. The fourth-order valence-electron chi connectivity index (χ4n) is 2.49. The Labute approximate surface area is 126 Å². The van der Waals surface area contributed by atoms with Gasteiger partial charge in [0.05, 0.1) is 12.6 Å². The van der Waals surface area contributed by atoms with Crippen molar-refractivity contribution in [1.29, 1.82) is 0 Å². The van der Waals surface area contributed by atoms with Gasteiger partial charge in [0, 0.05) is 31.6 Å². The topological polar surface area (TPSA) is 51.6 Å². The number of para-hydroxylation sites is 1. The number of rotatable bonds is 8. The highest BCUT2D eigenvalue weighted by atomic mass is 16.5. The molecule has 1 aromatic heterocycles. The van der Waals surface area contributed by atoms with Gasteiger partial charge in [-0.05, 0) is 25.5 Å². The molecule has 0 saturated heterocycles. The second-order valence-corrected chi connectivity index (χ2v) is 5.54. The molecule has 0 aliphatic carbocycles. The van der Waals surface area contributed by atoms with Crippen LogP contribution < -0.4 is 5.73 Å². The smallest absolute Gasteiger partial charge is 0.134 e. The molecule has 2 unspecified atom stereocenters. The first-order chi connectivity index (χ1) is 10.2. The van der Waals surface area contributed by atoms with E-state index in [1.807, 2.05) is 30.3 Å². The SMILES string of the molecule is CCC(C)N(CCOC)CC(N)c1cc2ccccc2o1. The first-order valence-electron chi connectivity index (χ1n) is 7.62. The first kappa shape index (κ1) is 16.0. The maximum atomic E-state index is 6.35. The van der Waals surface area contributed by atoms with Crippen molar-refractivity contribution in [2.24, 2.45) is 5.73 Å². The molecule has 116 valence electrons. The van der Waals surface area contributed by atoms with E-state index in [4.69, 9.17) is 14.9 Å². The van der Waals surface area contributed by atoms with Crippen molar-refractivity contribution < 1.29 is 9.15 Å². The van der Waals surface area contributed by atoms with Crippen LogP contribution in [0.2, 0.25) is 0 Å². The molecule has 4 heteroatoms. The average molecular weight is 290 g/mol. The molecular formula is C17H26N2O2. The molecule has 0 amide bonds. The van der Waals surface area contributed by atoms with E-state index in [1.165, 1.54) is 0 Å². The van der Waals surface area contributed by atoms with Gasteiger partial charge in [-0.15, -0.1) is 0 Å². The van der Waals surface area contributed by atoms with Gasteiger partial charge >= 0.3 is 0 Å². The molecule has 4 nitrogen and oxygen atoms in total. The Morgan fingerprint density at radius 3 is 2.76 bits per heavy atom. The number of methoxy groups -OCH3 is 1. The minimum absolute atomic E-state index is 0.122. The lowest BCUT2D eigenvalue weighted by atomic mass is 10.1. The summed E-state index contributed by atoms with van der Waals surface area (Å²) in [5.74, 6) is 0.849. The van der Waals surface area contributed by atoms with Crippen molar-refractivity contribution in [3.05, 3.63) is 36.1 Å². The van der Waals surface area contributed by atoms with Gasteiger partial charge in [0.2, 0.25) is 0 Å². The molecule has 1 heterocycles. The zero-order valence-corrected chi connectivity index (χ0v) is 13.2. The molecule has 0 radical (unpaired) electrons. The number of fused-ring (bicyclic) bond motifs is 1. The van der Waals surface area contributed by atoms with Crippen LogP contribution in [0.5, 0.6) is 0 Å². The fourth-order valence-corrected chi connectivity index (χ4v) is 2.49. The standard InChI is InChI=1S/C17H26N2O2/c1-4-13(2)19(9-10-20-3)12-15(18)17-11-14-7-5-6-8-16(14)21-17/h5-8,11,13,15H,4,9-10,12,18H2,1-3H3. The Kier molecular flexibility index (Phi) is 5.79. The molecule has 2 atom stereocenters. The summed E-state index contributed by atoms with van der Waals surface area (Å²) < 4.78 is 11.1. The fraction of sp³-hybridized carbons (Fsp3) is 0.529. The largest absolute Gasteiger partial charge is 0.459 e. The van der Waals surface area contributed by atoms with Crippen LogP contribution in [0, 0.1) is 0 Å². The number of hydrogen-bond acceptors (Lipinski definition) is 4. The first-order valence-corrected chi connectivity index (χ1v) is 7.62. The monoisotopic (exact) mass is 290 g/mol. The highest BCUT2D eigenvalue weighted by molar-refractivity contribution is 5.77. The number of nitrogens with zero attached hydrogens (tertiary/aromatic N) is 1. The Bertz CT molecular complexity index is 519. The zero-order valence-electron chi connectivity index (χ0n) is 13.2. The van der Waals surface area contributed by atoms with Gasteiger partial charge in [0.15, 0.2) is 0 Å². The van der Waals surface area contributed by atoms with Crippen LogP contribution in [0.1, 0.15) is 32.1 Å². The van der Waals surface area contributed by atoms with Crippen LogP contribution >= 0.6 is 0 Å². The number of furan rings is 1. The van der Waals surface area contributed by atoms with Crippen LogP contribution in [0.4, 0.5) is 0 Å². The van der Waals surface area contributed by atoms with Crippen LogP contribution in [0.3, 0.4) is 0 Å². The summed E-state index contributed by atoms with van der Waals surface area (Å²) in [6.45, 7) is 6.80. The van der Waals surface area contributed by atoms with E-state index in [0.29, 0.717) is 6.04 Å². The molecule has 1 aromatic carbocycles. The second kappa shape index (κ2) is 7.59. The number of nitrogens with two attached hydrogens (primary N) is 1. The summed E-state index contributed by atoms with van der Waals surface area (Å²) in [7, 11) is 1.73. The van der Waals surface area contributed by atoms with Crippen LogP contribution in [0.25, 0.3) is 11.0 Å². The van der Waals surface area contributed by atoms with Crippen molar-refractivity contribution in [3.8, 4) is 0 Å². The Morgan fingerprint density at radius 2 is 2.10 bits per heavy atom. The molecule has 0 spiro atoms. The lowest BCUT2D eigenvalue weighted by Gasteiger charge is -2.30. The molecule has 2 N–H and O–H groups in total. The summed E-state index contributed by atoms with van der Waals surface area (Å²) in [6.07, 6.45) is 1.09. The molecule has 0 aliphatic heterocycles. The molecule has 0 bridgehead atoms. The van der Waals surface area contributed by atoms with Crippen LogP contribution in [0.15, 0.2) is 34.7 Å². The Balaban J connectivity index is 2.08. The third-order valence-electron chi connectivity index (χ3n) is 4.04. The lowest BCUT2D eigenvalue weighted by molar-refractivity contribution is 0.116. The van der Waals surface area contributed by atoms with E-state index in [0.717, 1.165) is 42.8 Å². The van der Waals surface area contributed by atoms with Gasteiger partial charge in [-0.25, -0.2) is 0 Å². The van der Waals surface area contributed by atoms with Crippen LogP contribution in [-0.2, 0) is 4.74 Å². The quantitative estimate of drug-likeness (QED) is 0.811. The van der Waals surface area contributed by atoms with Gasteiger partial charge in [-0.1, -0.05) is 25.1 Å². The number of ether oxygens (including phenoxy) is 1. The number of benzene rings is 1. The highest BCUT2D eigenvalue weighted by Crippen LogP contribution is 2.23. The molecule has 2 rings (SSSR count). The maximum Gasteiger partial charge on any atom is 0.134 e. The van der Waals surface area contributed by atoms with E-state index >= 15 is 0 Å². The van der Waals surface area contributed by atoms with E-state index in [9.17, 15) is 0 Å². The van der Waals surface area contributed by atoms with Gasteiger partial charge in [-0.3, -0.25) is 4.90 Å². The van der Waals surface area contributed by atoms with Gasteiger partial charge < -0.3 is 14.9 Å². The summed E-state index contributed by atoms with van der Waals surface area (Å²) in [6, 6.07) is 10.4. The highest BCUT2D eigenvalue weighted by Gasteiger charge is 2.19. The molecular weight excluding hydrogens is 264 g/mol. The van der Waals surface area contributed by atoms with Gasteiger partial charge in [0.1, 0.15) is 11.3 Å². The van der Waals surface area contributed by atoms with Crippen molar-refractivity contribution in [2.75, 3.05) is 26.8 Å². The Morgan fingerprint density at radius 1 is 1.33 bits per heavy atom. The van der Waals surface area contributed by atoms with Crippen molar-refractivity contribution in [2.45, 2.75) is 32.4 Å². The summed E-state index contributed by atoms with van der Waals surface area (Å²) in [4.78, 5) is 2.36. The van der Waals surface area contributed by atoms with Crippen molar-refractivity contribution in [1.82, 2.24) is 4.90 Å². The molecule has 0 fully saturated rings. The molecule has 21 heavy (non-hydrogen) atoms. The summed E-state index contributed by atoms with van der Waals surface area (Å²) in [5.41, 5.74) is 7.25.